The maximum Gasteiger partial charge on any atom is 0.0409 e. The van der Waals surface area contributed by atoms with Crippen molar-refractivity contribution in [2.75, 3.05) is 6.54 Å². The summed E-state index contributed by atoms with van der Waals surface area (Å²) in [5, 5.41) is 0.830. The molecule has 0 heterocycles. The minimum Gasteiger partial charge on any atom is -0.330 e. The average Bonchev–Trinajstić information content (AvgIpc) is 2.17. The minimum absolute atomic E-state index is 0.507. The maximum absolute atomic E-state index is 5.99. The molecule has 2 rings (SSSR count). The van der Waals surface area contributed by atoms with Gasteiger partial charge in [0.25, 0.3) is 0 Å². The topological polar surface area (TPSA) is 26.0 Å². The van der Waals surface area contributed by atoms with E-state index in [4.69, 9.17) is 17.3 Å². The molecule has 0 saturated carbocycles. The van der Waals surface area contributed by atoms with Crippen LogP contribution in [0.5, 0.6) is 0 Å². The maximum atomic E-state index is 5.99. The molecule has 0 amide bonds. The van der Waals surface area contributed by atoms with E-state index in [0.717, 1.165) is 17.5 Å². The van der Waals surface area contributed by atoms with E-state index in [2.05, 4.69) is 19.1 Å². The van der Waals surface area contributed by atoms with Crippen LogP contribution in [0.3, 0.4) is 0 Å². The van der Waals surface area contributed by atoms with Gasteiger partial charge in [-0.15, -0.1) is 0 Å². The Labute approximate surface area is 90.3 Å². The van der Waals surface area contributed by atoms with Gasteiger partial charge in [0, 0.05) is 5.02 Å². The standard InChI is InChI=1S/C12H16ClN/c1-8-4-9-2-3-11(13)6-12(9)10(5-8)7-14/h2-3,6,8,10H,4-5,7,14H2,1H3. The zero-order valence-corrected chi connectivity index (χ0v) is 9.22. The van der Waals surface area contributed by atoms with Crippen molar-refractivity contribution in [2.45, 2.75) is 25.7 Å². The van der Waals surface area contributed by atoms with Gasteiger partial charge in [0.2, 0.25) is 0 Å². The van der Waals surface area contributed by atoms with Crippen LogP contribution >= 0.6 is 11.6 Å². The van der Waals surface area contributed by atoms with E-state index < -0.39 is 0 Å². The highest BCUT2D eigenvalue weighted by Gasteiger charge is 2.23. The second-order valence-electron chi connectivity index (χ2n) is 4.32. The molecule has 0 radical (unpaired) electrons. The van der Waals surface area contributed by atoms with Gasteiger partial charge in [-0.25, -0.2) is 0 Å². The Morgan fingerprint density at radius 1 is 1.50 bits per heavy atom. The molecule has 76 valence electrons. The number of fused-ring (bicyclic) bond motifs is 1. The smallest absolute Gasteiger partial charge is 0.0409 e. The highest BCUT2D eigenvalue weighted by atomic mass is 35.5. The van der Waals surface area contributed by atoms with Crippen molar-refractivity contribution in [3.63, 3.8) is 0 Å². The fourth-order valence-electron chi connectivity index (χ4n) is 2.43. The molecule has 2 atom stereocenters. The lowest BCUT2D eigenvalue weighted by Crippen LogP contribution is -2.22. The van der Waals surface area contributed by atoms with Crippen molar-refractivity contribution >= 4 is 11.6 Å². The molecule has 0 aliphatic heterocycles. The van der Waals surface area contributed by atoms with E-state index >= 15 is 0 Å². The quantitative estimate of drug-likeness (QED) is 0.756. The van der Waals surface area contributed by atoms with Gasteiger partial charge in [-0.05, 0) is 54.5 Å². The van der Waals surface area contributed by atoms with Crippen molar-refractivity contribution in [1.82, 2.24) is 0 Å². The molecule has 2 unspecified atom stereocenters. The lowest BCUT2D eigenvalue weighted by molar-refractivity contribution is 0.436. The summed E-state index contributed by atoms with van der Waals surface area (Å²) in [7, 11) is 0. The van der Waals surface area contributed by atoms with E-state index in [9.17, 15) is 0 Å². The summed E-state index contributed by atoms with van der Waals surface area (Å²) < 4.78 is 0. The molecule has 1 aromatic carbocycles. The van der Waals surface area contributed by atoms with Crippen LogP contribution in [0, 0.1) is 5.92 Å². The predicted molar refractivity (Wildman–Crippen MR) is 60.7 cm³/mol. The SMILES string of the molecule is CC1Cc2ccc(Cl)cc2C(CN)C1. The van der Waals surface area contributed by atoms with Gasteiger partial charge < -0.3 is 5.73 Å². The van der Waals surface area contributed by atoms with E-state index in [1.807, 2.05) is 6.07 Å². The fourth-order valence-corrected chi connectivity index (χ4v) is 2.61. The molecule has 1 aliphatic carbocycles. The van der Waals surface area contributed by atoms with Crippen LogP contribution in [0.2, 0.25) is 5.02 Å². The number of rotatable bonds is 1. The van der Waals surface area contributed by atoms with Crippen LogP contribution in [-0.2, 0) is 6.42 Å². The van der Waals surface area contributed by atoms with Gasteiger partial charge in [-0.1, -0.05) is 24.6 Å². The van der Waals surface area contributed by atoms with E-state index in [1.165, 1.54) is 24.0 Å². The first-order valence-corrected chi connectivity index (χ1v) is 5.57. The van der Waals surface area contributed by atoms with Gasteiger partial charge in [-0.2, -0.15) is 0 Å². The van der Waals surface area contributed by atoms with Gasteiger partial charge in [0.1, 0.15) is 0 Å². The first-order chi connectivity index (χ1) is 6.70. The second kappa shape index (κ2) is 3.92. The zero-order valence-electron chi connectivity index (χ0n) is 8.46. The van der Waals surface area contributed by atoms with Crippen molar-refractivity contribution < 1.29 is 0 Å². The monoisotopic (exact) mass is 209 g/mol. The lowest BCUT2D eigenvalue weighted by Gasteiger charge is -2.29. The number of halogens is 1. The van der Waals surface area contributed by atoms with E-state index in [0.29, 0.717) is 5.92 Å². The third kappa shape index (κ3) is 1.79. The molecule has 1 aliphatic rings. The van der Waals surface area contributed by atoms with E-state index in [1.54, 1.807) is 0 Å². The highest BCUT2D eigenvalue weighted by molar-refractivity contribution is 6.30. The van der Waals surface area contributed by atoms with Crippen LogP contribution in [-0.4, -0.2) is 6.54 Å². The van der Waals surface area contributed by atoms with Gasteiger partial charge >= 0.3 is 0 Å². The summed E-state index contributed by atoms with van der Waals surface area (Å²) in [6, 6.07) is 6.21. The molecular weight excluding hydrogens is 194 g/mol. The third-order valence-corrected chi connectivity index (χ3v) is 3.32. The molecule has 2 heteroatoms. The Balaban J connectivity index is 2.41. The molecule has 0 bridgehead atoms. The Kier molecular flexibility index (Phi) is 2.80. The number of benzene rings is 1. The minimum atomic E-state index is 0.507. The molecule has 1 nitrogen and oxygen atoms in total. The van der Waals surface area contributed by atoms with E-state index in [-0.39, 0.29) is 0 Å². The summed E-state index contributed by atoms with van der Waals surface area (Å²) >= 11 is 5.99. The summed E-state index contributed by atoms with van der Waals surface area (Å²) in [6.45, 7) is 3.03. The summed E-state index contributed by atoms with van der Waals surface area (Å²) in [5.74, 6) is 1.25. The summed E-state index contributed by atoms with van der Waals surface area (Å²) in [4.78, 5) is 0. The van der Waals surface area contributed by atoms with Crippen molar-refractivity contribution in [1.29, 1.82) is 0 Å². The summed E-state index contributed by atoms with van der Waals surface area (Å²) in [5.41, 5.74) is 8.59. The zero-order chi connectivity index (χ0) is 10.1. The average molecular weight is 210 g/mol. The lowest BCUT2D eigenvalue weighted by atomic mass is 9.78. The van der Waals surface area contributed by atoms with Gasteiger partial charge in [-0.3, -0.25) is 0 Å². The van der Waals surface area contributed by atoms with Crippen molar-refractivity contribution in [2.24, 2.45) is 11.7 Å². The normalized spacial score (nSPS) is 25.9. The van der Waals surface area contributed by atoms with Crippen LogP contribution in [0.4, 0.5) is 0 Å². The first-order valence-electron chi connectivity index (χ1n) is 5.19. The number of hydrogen-bond donors (Lipinski definition) is 1. The molecule has 1 aromatic rings. The first kappa shape index (κ1) is 10.0. The molecule has 0 saturated heterocycles. The fraction of sp³-hybridized carbons (Fsp3) is 0.500. The summed E-state index contributed by atoms with van der Waals surface area (Å²) in [6.07, 6.45) is 2.37. The second-order valence-corrected chi connectivity index (χ2v) is 4.76. The largest absolute Gasteiger partial charge is 0.330 e. The third-order valence-electron chi connectivity index (χ3n) is 3.09. The molecule has 0 spiro atoms. The van der Waals surface area contributed by atoms with Gasteiger partial charge in [0.15, 0.2) is 0 Å². The predicted octanol–water partition coefficient (Wildman–Crippen LogP) is 2.96. The molecule has 0 aromatic heterocycles. The van der Waals surface area contributed by atoms with Crippen LogP contribution in [0.25, 0.3) is 0 Å². The molecule has 2 N–H and O–H groups in total. The Bertz CT molecular complexity index is 335. The Hall–Kier alpha value is -0.530. The molecular formula is C12H16ClN. The van der Waals surface area contributed by atoms with Crippen LogP contribution < -0.4 is 5.73 Å². The number of nitrogens with two attached hydrogens (primary N) is 1. The number of hydrogen-bond acceptors (Lipinski definition) is 1. The Morgan fingerprint density at radius 3 is 3.00 bits per heavy atom. The Morgan fingerprint density at radius 2 is 2.29 bits per heavy atom. The van der Waals surface area contributed by atoms with Crippen molar-refractivity contribution in [3.05, 3.63) is 34.3 Å². The van der Waals surface area contributed by atoms with Gasteiger partial charge in [0.05, 0.1) is 0 Å². The molecule has 14 heavy (non-hydrogen) atoms. The highest BCUT2D eigenvalue weighted by Crippen LogP contribution is 2.35. The van der Waals surface area contributed by atoms with Crippen LogP contribution in [0.1, 0.15) is 30.4 Å². The van der Waals surface area contributed by atoms with Crippen molar-refractivity contribution in [3.8, 4) is 0 Å². The van der Waals surface area contributed by atoms with Crippen LogP contribution in [0.15, 0.2) is 18.2 Å². The molecule has 0 fully saturated rings.